The molecule has 0 saturated carbocycles. The van der Waals surface area contributed by atoms with E-state index in [1.165, 1.54) is 37.1 Å². The predicted octanol–water partition coefficient (Wildman–Crippen LogP) is 4.62. The minimum Gasteiger partial charge on any atom is -0.328 e. The Labute approximate surface area is 203 Å². The van der Waals surface area contributed by atoms with Crippen LogP contribution >= 0.6 is 11.6 Å². The Balaban J connectivity index is 1.36. The Bertz CT molecular complexity index is 950. The zero-order chi connectivity index (χ0) is 23.4. The summed E-state index contributed by atoms with van der Waals surface area (Å²) in [5, 5.41) is 7.49. The van der Waals surface area contributed by atoms with Crippen molar-refractivity contribution in [3.8, 4) is 0 Å². The van der Waals surface area contributed by atoms with Crippen LogP contribution in [0.5, 0.6) is 0 Å². The molecule has 2 unspecified atom stereocenters. The number of halogens is 1. The van der Waals surface area contributed by atoms with Crippen LogP contribution in [-0.2, 0) is 23.2 Å². The van der Waals surface area contributed by atoms with Crippen LogP contribution in [0, 0.1) is 0 Å². The zero-order valence-corrected chi connectivity index (χ0v) is 21.0. The Kier molecular flexibility index (Phi) is 7.77. The first kappa shape index (κ1) is 24.2. The van der Waals surface area contributed by atoms with Gasteiger partial charge in [0.1, 0.15) is 0 Å². The second-order valence-corrected chi connectivity index (χ2v) is 10.7. The van der Waals surface area contributed by atoms with Crippen molar-refractivity contribution in [3.63, 3.8) is 0 Å². The number of nitrogens with one attached hydrogen (secondary N) is 2. The summed E-state index contributed by atoms with van der Waals surface area (Å²) in [6, 6.07) is 6.22. The van der Waals surface area contributed by atoms with E-state index >= 15 is 0 Å². The van der Waals surface area contributed by atoms with E-state index < -0.39 is 0 Å². The lowest BCUT2D eigenvalue weighted by molar-refractivity contribution is -0.118. The molecule has 1 aromatic carbocycles. The van der Waals surface area contributed by atoms with Gasteiger partial charge in [-0.05, 0) is 88.7 Å². The third-order valence-corrected chi connectivity index (χ3v) is 7.30. The lowest BCUT2D eigenvalue weighted by atomic mass is 9.87. The van der Waals surface area contributed by atoms with Crippen molar-refractivity contribution in [2.24, 2.45) is 0 Å². The summed E-state index contributed by atoms with van der Waals surface area (Å²) in [6.07, 6.45) is 11.1. The minimum atomic E-state index is -0.225. The van der Waals surface area contributed by atoms with E-state index in [4.69, 9.17) is 11.6 Å². The van der Waals surface area contributed by atoms with E-state index in [9.17, 15) is 4.79 Å². The highest BCUT2D eigenvalue weighted by atomic mass is 35.5. The van der Waals surface area contributed by atoms with Crippen LogP contribution in [0.4, 0.5) is 5.82 Å². The number of hydrogen-bond acceptors (Lipinski definition) is 4. The first-order chi connectivity index (χ1) is 15.8. The molecule has 1 fully saturated rings. The van der Waals surface area contributed by atoms with Gasteiger partial charge in [-0.15, -0.1) is 0 Å². The SMILES string of the molecule is CCCC(NC1CCc2cc(Cl)ccc2C1)C(=O)Nc1cn(C(C)(C)CN2CCCC2)cn1. The van der Waals surface area contributed by atoms with Gasteiger partial charge in [-0.3, -0.25) is 4.79 Å². The number of benzene rings is 1. The minimum absolute atomic E-state index is 0.00125. The van der Waals surface area contributed by atoms with Gasteiger partial charge in [0.2, 0.25) is 5.91 Å². The fourth-order valence-electron chi connectivity index (χ4n) is 5.23. The third kappa shape index (κ3) is 6.17. The summed E-state index contributed by atoms with van der Waals surface area (Å²) >= 11 is 6.15. The average Bonchev–Trinajstić information content (AvgIpc) is 3.46. The van der Waals surface area contributed by atoms with E-state index in [1.807, 2.05) is 18.6 Å². The van der Waals surface area contributed by atoms with Gasteiger partial charge in [-0.2, -0.15) is 0 Å². The van der Waals surface area contributed by atoms with Crippen LogP contribution in [0.25, 0.3) is 0 Å². The van der Waals surface area contributed by atoms with Crippen LogP contribution < -0.4 is 10.6 Å². The fourth-order valence-corrected chi connectivity index (χ4v) is 5.43. The summed E-state index contributed by atoms with van der Waals surface area (Å²) in [6.45, 7) is 9.92. The van der Waals surface area contributed by atoms with Gasteiger partial charge in [-0.1, -0.05) is 31.0 Å². The normalized spacial score (nSPS) is 19.9. The molecule has 2 heterocycles. The maximum Gasteiger partial charge on any atom is 0.242 e. The van der Waals surface area contributed by atoms with Crippen molar-refractivity contribution in [1.29, 1.82) is 0 Å². The highest BCUT2D eigenvalue weighted by molar-refractivity contribution is 6.30. The van der Waals surface area contributed by atoms with Crippen molar-refractivity contribution in [1.82, 2.24) is 19.8 Å². The summed E-state index contributed by atoms with van der Waals surface area (Å²) in [5.41, 5.74) is 2.59. The van der Waals surface area contributed by atoms with Crippen molar-refractivity contribution in [2.45, 2.75) is 83.3 Å². The highest BCUT2D eigenvalue weighted by Gasteiger charge is 2.28. The molecule has 2 aliphatic rings. The Morgan fingerprint density at radius 1 is 1.27 bits per heavy atom. The van der Waals surface area contributed by atoms with Crippen molar-refractivity contribution >= 4 is 23.3 Å². The van der Waals surface area contributed by atoms with Gasteiger partial charge < -0.3 is 20.1 Å². The Morgan fingerprint density at radius 3 is 2.82 bits per heavy atom. The number of likely N-dealkylation sites (tertiary alicyclic amines) is 1. The molecule has 1 aliphatic heterocycles. The molecule has 0 spiro atoms. The number of amides is 1. The van der Waals surface area contributed by atoms with Gasteiger partial charge in [0.05, 0.1) is 17.9 Å². The number of hydrogen-bond donors (Lipinski definition) is 2. The molecule has 1 aromatic heterocycles. The number of aromatic nitrogens is 2. The number of carbonyl (C=O) groups is 1. The molecule has 6 nitrogen and oxygen atoms in total. The van der Waals surface area contributed by atoms with Gasteiger partial charge in [0.15, 0.2) is 5.82 Å². The Morgan fingerprint density at radius 2 is 2.06 bits per heavy atom. The standard InChI is InChI=1S/C26H38ClN5O/c1-4-7-23(29-22-11-9-19-14-21(27)10-8-20(19)15-22)25(33)30-24-16-32(18-28-24)26(2,3)17-31-12-5-6-13-31/h8,10,14,16,18,22-23,29H,4-7,9,11-13,15,17H2,1-3H3,(H,30,33). The van der Waals surface area contributed by atoms with Crippen LogP contribution in [0.3, 0.4) is 0 Å². The number of fused-ring (bicyclic) bond motifs is 1. The fraction of sp³-hybridized carbons (Fsp3) is 0.615. The first-order valence-corrected chi connectivity index (χ1v) is 12.8. The molecule has 1 aliphatic carbocycles. The summed E-state index contributed by atoms with van der Waals surface area (Å²) in [5.74, 6) is 0.627. The molecule has 33 heavy (non-hydrogen) atoms. The van der Waals surface area contributed by atoms with Crippen LogP contribution in [0.2, 0.25) is 5.02 Å². The summed E-state index contributed by atoms with van der Waals surface area (Å²) in [7, 11) is 0. The van der Waals surface area contributed by atoms with E-state index in [0.717, 1.165) is 43.7 Å². The van der Waals surface area contributed by atoms with Gasteiger partial charge in [0.25, 0.3) is 0 Å². The maximum absolute atomic E-state index is 13.2. The predicted molar refractivity (Wildman–Crippen MR) is 135 cm³/mol. The molecular formula is C26H38ClN5O. The lowest BCUT2D eigenvalue weighted by Gasteiger charge is -2.31. The molecule has 7 heteroatoms. The van der Waals surface area contributed by atoms with Crippen LogP contribution in [0.15, 0.2) is 30.7 Å². The highest BCUT2D eigenvalue weighted by Crippen LogP contribution is 2.25. The number of imidazole rings is 1. The van der Waals surface area contributed by atoms with Gasteiger partial charge >= 0.3 is 0 Å². The molecule has 1 amide bonds. The van der Waals surface area contributed by atoms with E-state index in [0.29, 0.717) is 5.82 Å². The maximum atomic E-state index is 13.2. The van der Waals surface area contributed by atoms with Crippen LogP contribution in [0.1, 0.15) is 64.0 Å². The molecule has 2 N–H and O–H groups in total. The van der Waals surface area contributed by atoms with E-state index in [1.54, 1.807) is 0 Å². The molecule has 0 bridgehead atoms. The second-order valence-electron chi connectivity index (χ2n) is 10.3. The average molecular weight is 472 g/mol. The van der Waals surface area contributed by atoms with Crippen LogP contribution in [-0.4, -0.2) is 52.1 Å². The third-order valence-electron chi connectivity index (χ3n) is 7.07. The molecule has 1 saturated heterocycles. The summed E-state index contributed by atoms with van der Waals surface area (Å²) < 4.78 is 2.13. The number of carbonyl (C=O) groups excluding carboxylic acids is 1. The van der Waals surface area contributed by atoms with Crippen molar-refractivity contribution < 1.29 is 4.79 Å². The summed E-state index contributed by atoms with van der Waals surface area (Å²) in [4.78, 5) is 20.2. The van der Waals surface area contributed by atoms with Gasteiger partial charge in [0, 0.05) is 23.8 Å². The Hall–Kier alpha value is -1.89. The smallest absolute Gasteiger partial charge is 0.242 e. The quantitative estimate of drug-likeness (QED) is 0.560. The lowest BCUT2D eigenvalue weighted by Crippen LogP contribution is -2.47. The number of anilines is 1. The molecule has 4 rings (SSSR count). The monoisotopic (exact) mass is 471 g/mol. The zero-order valence-electron chi connectivity index (χ0n) is 20.2. The van der Waals surface area contributed by atoms with Crippen molar-refractivity contribution in [2.75, 3.05) is 25.0 Å². The largest absolute Gasteiger partial charge is 0.328 e. The van der Waals surface area contributed by atoms with Gasteiger partial charge in [-0.25, -0.2) is 4.98 Å². The number of rotatable bonds is 9. The second kappa shape index (κ2) is 10.6. The molecule has 2 aromatic rings. The topological polar surface area (TPSA) is 62.2 Å². The van der Waals surface area contributed by atoms with E-state index in [-0.39, 0.29) is 23.5 Å². The first-order valence-electron chi connectivity index (χ1n) is 12.4. The van der Waals surface area contributed by atoms with Crippen molar-refractivity contribution in [3.05, 3.63) is 46.9 Å². The molecule has 2 atom stereocenters. The molecular weight excluding hydrogens is 434 g/mol. The molecule has 180 valence electrons. The number of nitrogens with zero attached hydrogens (tertiary/aromatic N) is 3. The molecule has 0 radical (unpaired) electrons. The van der Waals surface area contributed by atoms with E-state index in [2.05, 4.69) is 58.0 Å². The number of aryl methyl sites for hydroxylation is 1.